The molecule has 25 heavy (non-hydrogen) atoms. The predicted molar refractivity (Wildman–Crippen MR) is 91.8 cm³/mol. The largest absolute Gasteiger partial charge is 0.354 e. The number of aromatic nitrogens is 3. The molecule has 1 atom stereocenters. The number of carbonyl (C=O) groups excluding carboxylic acids is 3. The van der Waals surface area contributed by atoms with Gasteiger partial charge in [0.15, 0.2) is 5.78 Å². The van der Waals surface area contributed by atoms with Gasteiger partial charge in [0.25, 0.3) is 5.91 Å². The first-order valence-corrected chi connectivity index (χ1v) is 8.66. The molecule has 2 N–H and O–H groups in total. The maximum Gasteiger partial charge on any atom is 0.262 e. The Morgan fingerprint density at radius 1 is 1.32 bits per heavy atom. The number of rotatable bonds is 5. The van der Waals surface area contributed by atoms with Crippen LogP contribution in [0.15, 0.2) is 12.5 Å². The third kappa shape index (κ3) is 3.55. The van der Waals surface area contributed by atoms with E-state index < -0.39 is 0 Å². The zero-order valence-corrected chi connectivity index (χ0v) is 14.6. The van der Waals surface area contributed by atoms with E-state index in [2.05, 4.69) is 25.6 Å². The highest BCUT2D eigenvalue weighted by Gasteiger charge is 2.25. The topological polar surface area (TPSA) is 114 Å². The average Bonchev–Trinajstić information content (AvgIpc) is 3.10. The van der Waals surface area contributed by atoms with Gasteiger partial charge in [-0.15, -0.1) is 11.3 Å². The average molecular weight is 359 g/mol. The van der Waals surface area contributed by atoms with Crippen LogP contribution in [0, 0.1) is 0 Å². The van der Waals surface area contributed by atoms with Gasteiger partial charge >= 0.3 is 0 Å². The van der Waals surface area contributed by atoms with Gasteiger partial charge in [0.05, 0.1) is 11.2 Å². The SMILES string of the molecule is CNC(=O)c1cnc([C@@H](C)CC(=O)c2ncnc3c2CCC(=O)N3)s1. The summed E-state index contributed by atoms with van der Waals surface area (Å²) in [5.41, 5.74) is 1.03. The van der Waals surface area contributed by atoms with Crippen LogP contribution in [0.1, 0.15) is 56.4 Å². The van der Waals surface area contributed by atoms with Crippen molar-refractivity contribution in [3.05, 3.63) is 33.7 Å². The molecule has 8 nitrogen and oxygen atoms in total. The minimum Gasteiger partial charge on any atom is -0.354 e. The van der Waals surface area contributed by atoms with Crippen LogP contribution in [0.25, 0.3) is 0 Å². The summed E-state index contributed by atoms with van der Waals surface area (Å²) in [5, 5.41) is 5.94. The first kappa shape index (κ1) is 17.2. The number of nitrogens with zero attached hydrogens (tertiary/aromatic N) is 3. The molecule has 2 aromatic rings. The summed E-state index contributed by atoms with van der Waals surface area (Å²) in [4.78, 5) is 48.7. The van der Waals surface area contributed by atoms with Crippen molar-refractivity contribution in [2.24, 2.45) is 0 Å². The summed E-state index contributed by atoms with van der Waals surface area (Å²) in [6.07, 6.45) is 3.79. The fourth-order valence-corrected chi connectivity index (χ4v) is 3.55. The Morgan fingerprint density at radius 3 is 2.88 bits per heavy atom. The summed E-state index contributed by atoms with van der Waals surface area (Å²) in [7, 11) is 1.56. The second kappa shape index (κ2) is 7.06. The van der Waals surface area contributed by atoms with E-state index in [1.54, 1.807) is 7.05 Å². The lowest BCUT2D eigenvalue weighted by Crippen LogP contribution is -2.23. The van der Waals surface area contributed by atoms with Crippen molar-refractivity contribution in [2.45, 2.75) is 32.1 Å². The highest BCUT2D eigenvalue weighted by molar-refractivity contribution is 7.13. The van der Waals surface area contributed by atoms with Crippen molar-refractivity contribution in [3.8, 4) is 0 Å². The Hall–Kier alpha value is -2.68. The Bertz CT molecular complexity index is 848. The van der Waals surface area contributed by atoms with Crippen LogP contribution in [-0.4, -0.2) is 39.6 Å². The molecule has 0 bridgehead atoms. The van der Waals surface area contributed by atoms with Crippen LogP contribution in [-0.2, 0) is 11.2 Å². The van der Waals surface area contributed by atoms with Crippen LogP contribution in [0.2, 0.25) is 0 Å². The third-order valence-electron chi connectivity index (χ3n) is 3.96. The fraction of sp³-hybridized carbons (Fsp3) is 0.375. The molecule has 2 aromatic heterocycles. The number of carbonyl (C=O) groups is 3. The molecule has 2 amide bonds. The van der Waals surface area contributed by atoms with Gasteiger partial charge in [-0.25, -0.2) is 15.0 Å². The van der Waals surface area contributed by atoms with Crippen molar-refractivity contribution >= 4 is 34.8 Å². The molecule has 0 aromatic carbocycles. The summed E-state index contributed by atoms with van der Waals surface area (Å²) in [5.74, 6) is -0.150. The zero-order chi connectivity index (χ0) is 18.0. The molecular formula is C16H17N5O3S. The monoisotopic (exact) mass is 359 g/mol. The molecule has 1 aliphatic heterocycles. The van der Waals surface area contributed by atoms with Gasteiger partial charge in [-0.2, -0.15) is 0 Å². The highest BCUT2D eigenvalue weighted by Crippen LogP contribution is 2.28. The van der Waals surface area contributed by atoms with E-state index in [0.29, 0.717) is 34.8 Å². The van der Waals surface area contributed by atoms with Gasteiger partial charge in [-0.3, -0.25) is 14.4 Å². The molecule has 0 radical (unpaired) electrons. The number of ketones is 1. The summed E-state index contributed by atoms with van der Waals surface area (Å²) < 4.78 is 0. The number of hydrogen-bond donors (Lipinski definition) is 2. The maximum atomic E-state index is 12.7. The standard InChI is InChI=1S/C16H17N5O3S/c1-8(16-18-6-11(25-16)15(24)17-2)5-10(22)13-9-3-4-12(23)21-14(9)20-7-19-13/h6-8H,3-5H2,1-2H3,(H,17,24)(H,19,20,21,23)/t8-/m0/s1. The van der Waals surface area contributed by atoms with Crippen molar-refractivity contribution < 1.29 is 14.4 Å². The van der Waals surface area contributed by atoms with Gasteiger partial charge in [0.1, 0.15) is 22.7 Å². The van der Waals surface area contributed by atoms with Gasteiger partial charge in [-0.05, 0) is 6.42 Å². The van der Waals surface area contributed by atoms with Crippen LogP contribution < -0.4 is 10.6 Å². The molecule has 0 aliphatic carbocycles. The predicted octanol–water partition coefficient (Wildman–Crippen LogP) is 1.55. The first-order chi connectivity index (χ1) is 12.0. The number of thiazole rings is 1. The normalized spacial score (nSPS) is 14.4. The Balaban J connectivity index is 1.76. The number of hydrogen-bond acceptors (Lipinski definition) is 7. The summed E-state index contributed by atoms with van der Waals surface area (Å²) >= 11 is 1.27. The van der Waals surface area contributed by atoms with Gasteiger partial charge < -0.3 is 10.6 Å². The van der Waals surface area contributed by atoms with Crippen molar-refractivity contribution in [3.63, 3.8) is 0 Å². The van der Waals surface area contributed by atoms with Gasteiger partial charge in [-0.1, -0.05) is 6.92 Å². The molecular weight excluding hydrogens is 342 g/mol. The molecule has 0 saturated carbocycles. The molecule has 130 valence electrons. The smallest absolute Gasteiger partial charge is 0.262 e. The first-order valence-electron chi connectivity index (χ1n) is 7.84. The number of Topliss-reactive ketones (excluding diaryl/α,β-unsaturated/α-hetero) is 1. The van der Waals surface area contributed by atoms with Gasteiger partial charge in [0, 0.05) is 31.4 Å². The molecule has 0 spiro atoms. The van der Waals surface area contributed by atoms with E-state index in [0.717, 1.165) is 5.01 Å². The number of fused-ring (bicyclic) bond motifs is 1. The maximum absolute atomic E-state index is 12.7. The lowest BCUT2D eigenvalue weighted by atomic mass is 9.97. The van der Waals surface area contributed by atoms with Gasteiger partial charge in [0.2, 0.25) is 5.91 Å². The molecule has 0 fully saturated rings. The second-order valence-electron chi connectivity index (χ2n) is 5.77. The summed E-state index contributed by atoms with van der Waals surface area (Å²) in [6, 6.07) is 0. The van der Waals surface area contributed by atoms with E-state index in [1.807, 2.05) is 6.92 Å². The van der Waals surface area contributed by atoms with E-state index in [-0.39, 0.29) is 29.9 Å². The van der Waals surface area contributed by atoms with E-state index in [9.17, 15) is 14.4 Å². The number of anilines is 1. The third-order valence-corrected chi connectivity index (χ3v) is 5.18. The molecule has 3 heterocycles. The van der Waals surface area contributed by atoms with Crippen molar-refractivity contribution in [2.75, 3.05) is 12.4 Å². The Kier molecular flexibility index (Phi) is 4.84. The second-order valence-corrected chi connectivity index (χ2v) is 6.83. The lowest BCUT2D eigenvalue weighted by molar-refractivity contribution is -0.116. The van der Waals surface area contributed by atoms with Crippen LogP contribution in [0.3, 0.4) is 0 Å². The molecule has 0 saturated heterocycles. The van der Waals surface area contributed by atoms with E-state index in [1.165, 1.54) is 23.9 Å². The Labute approximate surface area is 148 Å². The van der Waals surface area contributed by atoms with E-state index in [4.69, 9.17) is 0 Å². The number of nitrogens with one attached hydrogen (secondary N) is 2. The minimum absolute atomic E-state index is 0.109. The van der Waals surface area contributed by atoms with Crippen molar-refractivity contribution in [1.29, 1.82) is 0 Å². The number of amides is 2. The van der Waals surface area contributed by atoms with Crippen LogP contribution in [0.4, 0.5) is 5.82 Å². The molecule has 3 rings (SSSR count). The highest BCUT2D eigenvalue weighted by atomic mass is 32.1. The van der Waals surface area contributed by atoms with Crippen LogP contribution in [0.5, 0.6) is 0 Å². The fourth-order valence-electron chi connectivity index (χ4n) is 2.64. The van der Waals surface area contributed by atoms with Crippen LogP contribution >= 0.6 is 11.3 Å². The Morgan fingerprint density at radius 2 is 2.12 bits per heavy atom. The molecule has 1 aliphatic rings. The summed E-state index contributed by atoms with van der Waals surface area (Å²) in [6.45, 7) is 1.89. The molecule has 9 heteroatoms. The molecule has 0 unspecified atom stereocenters. The quantitative estimate of drug-likeness (QED) is 0.783. The lowest BCUT2D eigenvalue weighted by Gasteiger charge is -2.17. The minimum atomic E-state index is -0.192. The van der Waals surface area contributed by atoms with E-state index >= 15 is 0 Å². The van der Waals surface area contributed by atoms with Crippen molar-refractivity contribution in [1.82, 2.24) is 20.3 Å². The zero-order valence-electron chi connectivity index (χ0n) is 13.8.